The van der Waals surface area contributed by atoms with Crippen LogP contribution >= 0.6 is 15.9 Å². The summed E-state index contributed by atoms with van der Waals surface area (Å²) < 4.78 is 0.968. The van der Waals surface area contributed by atoms with Gasteiger partial charge in [0, 0.05) is 10.5 Å². The second kappa shape index (κ2) is 6.36. The molecule has 6 heteroatoms. The number of imide groups is 1. The predicted octanol–water partition coefficient (Wildman–Crippen LogP) is 1.29. The number of benzene rings is 1. The van der Waals surface area contributed by atoms with Gasteiger partial charge in [-0.25, -0.2) is 4.79 Å². The van der Waals surface area contributed by atoms with Crippen LogP contribution in [0.2, 0.25) is 0 Å². The molecule has 5 nitrogen and oxygen atoms in total. The molecule has 0 bridgehead atoms. The number of halogens is 1. The molecule has 0 aliphatic heterocycles. The maximum absolute atomic E-state index is 11.2. The molecule has 4 N–H and O–H groups in total. The lowest BCUT2D eigenvalue weighted by Crippen LogP contribution is -2.41. The first-order valence-corrected chi connectivity index (χ1v) is 5.87. The van der Waals surface area contributed by atoms with Crippen LogP contribution in [0.25, 0.3) is 0 Å². The number of rotatable bonds is 4. The number of carbonyl (C=O) groups is 2. The van der Waals surface area contributed by atoms with Gasteiger partial charge in [0.15, 0.2) is 0 Å². The standard InChI is InChI=1S/C11H14BrN3O2/c1-7(8-4-2-3-5-9(8)12)14-6-10(16)15-11(13)17/h2-5,7,14H,6H2,1H3,(H3,13,15,16,17)/t7-/m0/s1. The number of hydrogen-bond donors (Lipinski definition) is 3. The van der Waals surface area contributed by atoms with Crippen molar-refractivity contribution in [1.29, 1.82) is 0 Å². The van der Waals surface area contributed by atoms with E-state index >= 15 is 0 Å². The van der Waals surface area contributed by atoms with Crippen molar-refractivity contribution in [1.82, 2.24) is 10.6 Å². The normalized spacial score (nSPS) is 11.9. The van der Waals surface area contributed by atoms with Crippen LogP contribution in [-0.4, -0.2) is 18.5 Å². The van der Waals surface area contributed by atoms with Crippen LogP contribution in [0.1, 0.15) is 18.5 Å². The monoisotopic (exact) mass is 299 g/mol. The van der Waals surface area contributed by atoms with E-state index in [1.807, 2.05) is 36.5 Å². The predicted molar refractivity (Wildman–Crippen MR) is 68.3 cm³/mol. The number of primary amides is 1. The van der Waals surface area contributed by atoms with Crippen molar-refractivity contribution in [2.75, 3.05) is 6.54 Å². The zero-order valence-corrected chi connectivity index (χ0v) is 11.0. The molecule has 0 fully saturated rings. The summed E-state index contributed by atoms with van der Waals surface area (Å²) in [6.45, 7) is 1.96. The van der Waals surface area contributed by atoms with E-state index < -0.39 is 11.9 Å². The Morgan fingerprint density at radius 1 is 1.41 bits per heavy atom. The van der Waals surface area contributed by atoms with Gasteiger partial charge in [-0.2, -0.15) is 0 Å². The topological polar surface area (TPSA) is 84.2 Å². The number of amides is 3. The van der Waals surface area contributed by atoms with Crippen molar-refractivity contribution in [2.45, 2.75) is 13.0 Å². The molecular formula is C11H14BrN3O2. The highest BCUT2D eigenvalue weighted by molar-refractivity contribution is 9.10. The number of urea groups is 1. The Balaban J connectivity index is 2.50. The third-order valence-electron chi connectivity index (χ3n) is 2.20. The van der Waals surface area contributed by atoms with Crippen LogP contribution in [0, 0.1) is 0 Å². The molecule has 3 amide bonds. The molecule has 0 unspecified atom stereocenters. The van der Waals surface area contributed by atoms with E-state index in [2.05, 4.69) is 21.2 Å². The highest BCUT2D eigenvalue weighted by Crippen LogP contribution is 2.22. The molecule has 0 aromatic heterocycles. The van der Waals surface area contributed by atoms with Gasteiger partial charge in [0.1, 0.15) is 0 Å². The Morgan fingerprint density at radius 2 is 2.06 bits per heavy atom. The quantitative estimate of drug-likeness (QED) is 0.783. The van der Waals surface area contributed by atoms with Gasteiger partial charge in [-0.3, -0.25) is 10.1 Å². The summed E-state index contributed by atoms with van der Waals surface area (Å²) in [5.41, 5.74) is 5.87. The van der Waals surface area contributed by atoms with E-state index in [4.69, 9.17) is 5.73 Å². The minimum Gasteiger partial charge on any atom is -0.351 e. The molecule has 0 saturated heterocycles. The Morgan fingerprint density at radius 3 is 2.65 bits per heavy atom. The van der Waals surface area contributed by atoms with Crippen molar-refractivity contribution >= 4 is 27.9 Å². The zero-order chi connectivity index (χ0) is 12.8. The summed E-state index contributed by atoms with van der Waals surface area (Å²) in [7, 11) is 0. The van der Waals surface area contributed by atoms with Gasteiger partial charge in [-0.1, -0.05) is 34.1 Å². The summed E-state index contributed by atoms with van der Waals surface area (Å²) in [5, 5.41) is 4.98. The van der Waals surface area contributed by atoms with E-state index in [0.29, 0.717) is 0 Å². The lowest BCUT2D eigenvalue weighted by atomic mass is 10.1. The molecule has 1 atom stereocenters. The summed E-state index contributed by atoms with van der Waals surface area (Å²) in [4.78, 5) is 21.6. The van der Waals surface area contributed by atoms with E-state index in [-0.39, 0.29) is 12.6 Å². The van der Waals surface area contributed by atoms with Gasteiger partial charge in [0.25, 0.3) is 0 Å². The third-order valence-corrected chi connectivity index (χ3v) is 2.93. The number of carbonyl (C=O) groups excluding carboxylic acids is 2. The summed E-state index contributed by atoms with van der Waals surface area (Å²) >= 11 is 3.43. The van der Waals surface area contributed by atoms with E-state index in [9.17, 15) is 9.59 Å². The average molecular weight is 300 g/mol. The Labute approximate surface area is 108 Å². The number of nitrogens with two attached hydrogens (primary N) is 1. The Kier molecular flexibility index (Phi) is 5.11. The molecule has 0 saturated carbocycles. The van der Waals surface area contributed by atoms with Crippen LogP contribution in [0.15, 0.2) is 28.7 Å². The summed E-state index contributed by atoms with van der Waals surface area (Å²) in [5.74, 6) is -0.448. The first-order chi connectivity index (χ1) is 8.00. The largest absolute Gasteiger partial charge is 0.351 e. The first-order valence-electron chi connectivity index (χ1n) is 5.08. The molecule has 0 aliphatic rings. The summed E-state index contributed by atoms with van der Waals surface area (Å²) in [6.07, 6.45) is 0. The molecule has 1 aromatic carbocycles. The summed E-state index contributed by atoms with van der Waals surface area (Å²) in [6, 6.07) is 6.86. The van der Waals surface area contributed by atoms with Gasteiger partial charge in [0.05, 0.1) is 6.54 Å². The van der Waals surface area contributed by atoms with Gasteiger partial charge in [-0.15, -0.1) is 0 Å². The molecule has 0 spiro atoms. The molecule has 0 aliphatic carbocycles. The third kappa shape index (κ3) is 4.54. The molecule has 0 radical (unpaired) electrons. The van der Waals surface area contributed by atoms with E-state index in [1.54, 1.807) is 0 Å². The van der Waals surface area contributed by atoms with Crippen molar-refractivity contribution in [3.63, 3.8) is 0 Å². The number of nitrogens with one attached hydrogen (secondary N) is 2. The molecule has 1 rings (SSSR count). The molecular weight excluding hydrogens is 286 g/mol. The molecule has 1 aromatic rings. The van der Waals surface area contributed by atoms with Gasteiger partial charge in [0.2, 0.25) is 5.91 Å². The second-order valence-corrected chi connectivity index (χ2v) is 4.39. The van der Waals surface area contributed by atoms with Crippen LogP contribution in [0.5, 0.6) is 0 Å². The Bertz CT molecular complexity index is 423. The first kappa shape index (κ1) is 13.7. The van der Waals surface area contributed by atoms with Crippen molar-refractivity contribution in [3.8, 4) is 0 Å². The maximum Gasteiger partial charge on any atom is 0.318 e. The lowest BCUT2D eigenvalue weighted by molar-refractivity contribution is -0.119. The zero-order valence-electron chi connectivity index (χ0n) is 9.37. The SMILES string of the molecule is C[C@H](NCC(=O)NC(N)=O)c1ccccc1Br. The van der Waals surface area contributed by atoms with E-state index in [0.717, 1.165) is 10.0 Å². The van der Waals surface area contributed by atoms with Gasteiger partial charge >= 0.3 is 6.03 Å². The fourth-order valence-corrected chi connectivity index (χ4v) is 1.99. The minimum atomic E-state index is -0.842. The fraction of sp³-hybridized carbons (Fsp3) is 0.273. The van der Waals surface area contributed by atoms with Gasteiger partial charge in [-0.05, 0) is 18.6 Å². The smallest absolute Gasteiger partial charge is 0.318 e. The van der Waals surface area contributed by atoms with Crippen LogP contribution in [-0.2, 0) is 4.79 Å². The van der Waals surface area contributed by atoms with E-state index in [1.165, 1.54) is 0 Å². The van der Waals surface area contributed by atoms with Crippen LogP contribution in [0.4, 0.5) is 4.79 Å². The van der Waals surface area contributed by atoms with Crippen molar-refractivity contribution < 1.29 is 9.59 Å². The molecule has 92 valence electrons. The highest BCUT2D eigenvalue weighted by Gasteiger charge is 2.10. The lowest BCUT2D eigenvalue weighted by Gasteiger charge is -2.15. The maximum atomic E-state index is 11.2. The van der Waals surface area contributed by atoms with Crippen LogP contribution < -0.4 is 16.4 Å². The Hall–Kier alpha value is -1.40. The fourth-order valence-electron chi connectivity index (χ4n) is 1.36. The average Bonchev–Trinajstić information content (AvgIpc) is 2.25. The van der Waals surface area contributed by atoms with Crippen LogP contribution in [0.3, 0.4) is 0 Å². The second-order valence-electron chi connectivity index (χ2n) is 3.54. The van der Waals surface area contributed by atoms with Crippen molar-refractivity contribution in [3.05, 3.63) is 34.3 Å². The molecule has 0 heterocycles. The molecule has 17 heavy (non-hydrogen) atoms. The van der Waals surface area contributed by atoms with Gasteiger partial charge < -0.3 is 11.1 Å². The minimum absolute atomic E-state index is 0.01000. The number of hydrogen-bond acceptors (Lipinski definition) is 3. The van der Waals surface area contributed by atoms with Crippen molar-refractivity contribution in [2.24, 2.45) is 5.73 Å². The highest BCUT2D eigenvalue weighted by atomic mass is 79.9.